The SMILES string of the molecule is Cc1ccc(-c2cc3c(cc2Cl)COB3O)o1. The molecule has 17 heavy (non-hydrogen) atoms. The van der Waals surface area contributed by atoms with Gasteiger partial charge in [0.2, 0.25) is 0 Å². The normalized spacial score (nSPS) is 14.2. The summed E-state index contributed by atoms with van der Waals surface area (Å²) in [5.74, 6) is 1.53. The average Bonchev–Trinajstić information content (AvgIpc) is 2.85. The first-order valence-corrected chi connectivity index (χ1v) is 5.72. The van der Waals surface area contributed by atoms with Crippen LogP contribution in [0.4, 0.5) is 0 Å². The lowest BCUT2D eigenvalue weighted by Crippen LogP contribution is -2.28. The van der Waals surface area contributed by atoms with E-state index in [0.717, 1.165) is 22.3 Å². The van der Waals surface area contributed by atoms with E-state index >= 15 is 0 Å². The van der Waals surface area contributed by atoms with E-state index in [1.165, 1.54) is 0 Å². The van der Waals surface area contributed by atoms with Crippen molar-refractivity contribution >= 4 is 24.2 Å². The summed E-state index contributed by atoms with van der Waals surface area (Å²) >= 11 is 6.20. The predicted octanol–water partition coefficient (Wildman–Crippen LogP) is 2.13. The molecule has 0 aliphatic carbocycles. The second-order valence-corrected chi connectivity index (χ2v) is 4.51. The van der Waals surface area contributed by atoms with Crippen LogP contribution in [0.1, 0.15) is 11.3 Å². The quantitative estimate of drug-likeness (QED) is 0.786. The molecular formula is C12H10BClO3. The van der Waals surface area contributed by atoms with Crippen molar-refractivity contribution in [1.82, 2.24) is 0 Å². The van der Waals surface area contributed by atoms with Crippen molar-refractivity contribution in [2.75, 3.05) is 0 Å². The summed E-state index contributed by atoms with van der Waals surface area (Å²) in [6.45, 7) is 2.27. The molecule has 0 fully saturated rings. The number of fused-ring (bicyclic) bond motifs is 1. The lowest BCUT2D eigenvalue weighted by molar-refractivity contribution is 0.275. The van der Waals surface area contributed by atoms with Crippen LogP contribution in [0, 0.1) is 6.92 Å². The van der Waals surface area contributed by atoms with Gasteiger partial charge in [-0.25, -0.2) is 0 Å². The maximum atomic E-state index is 9.65. The van der Waals surface area contributed by atoms with Crippen molar-refractivity contribution < 1.29 is 14.1 Å². The van der Waals surface area contributed by atoms with Crippen LogP contribution in [0.15, 0.2) is 28.7 Å². The monoisotopic (exact) mass is 248 g/mol. The lowest BCUT2D eigenvalue weighted by atomic mass is 9.78. The van der Waals surface area contributed by atoms with Gasteiger partial charge in [-0.3, -0.25) is 0 Å². The third-order valence-corrected chi connectivity index (χ3v) is 3.21. The molecule has 0 atom stereocenters. The van der Waals surface area contributed by atoms with Gasteiger partial charge in [0.25, 0.3) is 0 Å². The van der Waals surface area contributed by atoms with Gasteiger partial charge in [0.15, 0.2) is 0 Å². The molecule has 2 aromatic rings. The van der Waals surface area contributed by atoms with Crippen molar-refractivity contribution in [3.8, 4) is 11.3 Å². The lowest BCUT2D eigenvalue weighted by Gasteiger charge is -2.05. The largest absolute Gasteiger partial charge is 0.491 e. The smallest absolute Gasteiger partial charge is 0.461 e. The Balaban J connectivity index is 2.15. The number of hydrogen-bond donors (Lipinski definition) is 1. The first kappa shape index (κ1) is 10.9. The van der Waals surface area contributed by atoms with Gasteiger partial charge in [-0.1, -0.05) is 11.6 Å². The Morgan fingerprint density at radius 1 is 1.35 bits per heavy atom. The second kappa shape index (κ2) is 3.91. The molecule has 86 valence electrons. The highest BCUT2D eigenvalue weighted by molar-refractivity contribution is 6.61. The molecule has 2 heterocycles. The highest BCUT2D eigenvalue weighted by Crippen LogP contribution is 2.30. The van der Waals surface area contributed by atoms with E-state index in [4.69, 9.17) is 20.7 Å². The zero-order valence-corrected chi connectivity index (χ0v) is 9.99. The van der Waals surface area contributed by atoms with Crippen LogP contribution < -0.4 is 5.46 Å². The summed E-state index contributed by atoms with van der Waals surface area (Å²) in [5.41, 5.74) is 2.47. The number of hydrogen-bond acceptors (Lipinski definition) is 3. The zero-order valence-electron chi connectivity index (χ0n) is 9.24. The van der Waals surface area contributed by atoms with Crippen molar-refractivity contribution in [2.45, 2.75) is 13.5 Å². The van der Waals surface area contributed by atoms with Gasteiger partial charge in [-0.15, -0.1) is 0 Å². The standard InChI is InChI=1S/C12H10BClO3/c1-7-2-3-12(17-7)9-5-10-8(4-11(9)14)6-16-13(10)15/h2-5,15H,6H2,1H3. The Hall–Kier alpha value is -1.23. The number of aryl methyl sites for hydroxylation is 1. The molecule has 0 amide bonds. The van der Waals surface area contributed by atoms with E-state index in [1.807, 2.05) is 31.2 Å². The Morgan fingerprint density at radius 2 is 2.18 bits per heavy atom. The van der Waals surface area contributed by atoms with Gasteiger partial charge < -0.3 is 14.1 Å². The first-order chi connectivity index (χ1) is 8.15. The molecule has 1 N–H and O–H groups in total. The van der Waals surface area contributed by atoms with Gasteiger partial charge in [0.1, 0.15) is 11.5 Å². The number of rotatable bonds is 1. The Morgan fingerprint density at radius 3 is 2.88 bits per heavy atom. The molecule has 0 saturated carbocycles. The molecule has 1 aromatic heterocycles. The van der Waals surface area contributed by atoms with E-state index in [1.54, 1.807) is 0 Å². The van der Waals surface area contributed by atoms with Crippen molar-refractivity contribution in [1.29, 1.82) is 0 Å². The molecule has 3 nitrogen and oxygen atoms in total. The predicted molar refractivity (Wildman–Crippen MR) is 66.3 cm³/mol. The fourth-order valence-electron chi connectivity index (χ4n) is 2.01. The number of benzene rings is 1. The van der Waals surface area contributed by atoms with Crippen LogP contribution in [0.2, 0.25) is 5.02 Å². The van der Waals surface area contributed by atoms with Crippen LogP contribution in [-0.4, -0.2) is 12.1 Å². The molecule has 0 unspecified atom stereocenters. The molecule has 0 saturated heterocycles. The first-order valence-electron chi connectivity index (χ1n) is 5.34. The third-order valence-electron chi connectivity index (χ3n) is 2.90. The summed E-state index contributed by atoms with van der Waals surface area (Å²) < 4.78 is 10.7. The van der Waals surface area contributed by atoms with Crippen LogP contribution in [-0.2, 0) is 11.3 Å². The fraction of sp³-hybridized carbons (Fsp3) is 0.167. The van der Waals surface area contributed by atoms with E-state index in [2.05, 4.69) is 0 Å². The van der Waals surface area contributed by atoms with E-state index in [9.17, 15) is 5.02 Å². The van der Waals surface area contributed by atoms with Gasteiger partial charge in [0.05, 0.1) is 11.6 Å². The van der Waals surface area contributed by atoms with Crippen LogP contribution in [0.5, 0.6) is 0 Å². The maximum Gasteiger partial charge on any atom is 0.491 e. The molecule has 3 rings (SSSR count). The van der Waals surface area contributed by atoms with Crippen molar-refractivity contribution in [3.05, 3.63) is 40.6 Å². The summed E-state index contributed by atoms with van der Waals surface area (Å²) in [6.07, 6.45) is 0. The van der Waals surface area contributed by atoms with E-state index in [-0.39, 0.29) is 0 Å². The molecule has 0 bridgehead atoms. The van der Waals surface area contributed by atoms with Crippen LogP contribution >= 0.6 is 11.6 Å². The average molecular weight is 248 g/mol. The van der Waals surface area contributed by atoms with Gasteiger partial charge >= 0.3 is 7.12 Å². The molecule has 1 aliphatic rings. The van der Waals surface area contributed by atoms with Crippen molar-refractivity contribution in [3.63, 3.8) is 0 Å². The number of halogens is 1. The van der Waals surface area contributed by atoms with Crippen LogP contribution in [0.25, 0.3) is 11.3 Å². The Kier molecular flexibility index (Phi) is 2.51. The molecule has 1 aliphatic heterocycles. The minimum Gasteiger partial charge on any atom is -0.461 e. The van der Waals surface area contributed by atoms with E-state index in [0.29, 0.717) is 17.4 Å². The fourth-order valence-corrected chi connectivity index (χ4v) is 2.29. The topological polar surface area (TPSA) is 42.6 Å². The highest BCUT2D eigenvalue weighted by Gasteiger charge is 2.28. The van der Waals surface area contributed by atoms with Gasteiger partial charge in [0, 0.05) is 5.56 Å². The summed E-state index contributed by atoms with van der Waals surface area (Å²) in [7, 11) is -0.864. The molecule has 0 radical (unpaired) electrons. The molecule has 5 heteroatoms. The zero-order chi connectivity index (χ0) is 12.0. The van der Waals surface area contributed by atoms with Crippen LogP contribution in [0.3, 0.4) is 0 Å². The third kappa shape index (κ3) is 1.78. The minimum absolute atomic E-state index is 0.397. The van der Waals surface area contributed by atoms with Crippen molar-refractivity contribution in [2.24, 2.45) is 0 Å². The van der Waals surface area contributed by atoms with E-state index < -0.39 is 7.12 Å². The molecule has 1 aromatic carbocycles. The second-order valence-electron chi connectivity index (χ2n) is 4.10. The van der Waals surface area contributed by atoms with Gasteiger partial charge in [-0.05, 0) is 42.2 Å². The molecule has 0 spiro atoms. The summed E-state index contributed by atoms with van der Waals surface area (Å²) in [5, 5.41) is 10.3. The summed E-state index contributed by atoms with van der Waals surface area (Å²) in [4.78, 5) is 0. The maximum absolute atomic E-state index is 9.65. The minimum atomic E-state index is -0.864. The Bertz CT molecular complexity index is 579. The Labute approximate surface area is 104 Å². The summed E-state index contributed by atoms with van der Waals surface area (Å²) in [6, 6.07) is 7.39. The highest BCUT2D eigenvalue weighted by atomic mass is 35.5. The number of furan rings is 1. The molecular weight excluding hydrogens is 238 g/mol. The van der Waals surface area contributed by atoms with Gasteiger partial charge in [-0.2, -0.15) is 0 Å².